The second-order valence-electron chi connectivity index (χ2n) is 3.97. The first kappa shape index (κ1) is 13.0. The summed E-state index contributed by atoms with van der Waals surface area (Å²) in [5.41, 5.74) is 1.36. The van der Waals surface area contributed by atoms with Crippen LogP contribution in [0.5, 0.6) is 0 Å². The van der Waals surface area contributed by atoms with Gasteiger partial charge in [0.05, 0.1) is 0 Å². The lowest BCUT2D eigenvalue weighted by atomic mass is 10.0. The molecular weight excluding hydrogens is 256 g/mol. The quantitative estimate of drug-likeness (QED) is 0.886. The standard InChI is InChI=1S/C14H12ClF2N/c1-18-8-9-2-5-13(16)12(6-9)11-4-3-10(15)7-14(11)17/h2-7,18H,8H2,1H3. The Labute approximate surface area is 109 Å². The second kappa shape index (κ2) is 5.46. The molecule has 0 saturated heterocycles. The Morgan fingerprint density at radius 1 is 1.00 bits per heavy atom. The predicted molar refractivity (Wildman–Crippen MR) is 69.6 cm³/mol. The van der Waals surface area contributed by atoms with Crippen LogP contribution in [0.4, 0.5) is 8.78 Å². The van der Waals surface area contributed by atoms with E-state index in [0.717, 1.165) is 5.56 Å². The molecular formula is C14H12ClF2N. The van der Waals surface area contributed by atoms with Crippen molar-refractivity contribution in [2.45, 2.75) is 6.54 Å². The molecule has 0 saturated carbocycles. The SMILES string of the molecule is CNCc1ccc(F)c(-c2ccc(Cl)cc2F)c1. The summed E-state index contributed by atoms with van der Waals surface area (Å²) < 4.78 is 27.5. The molecule has 0 aliphatic heterocycles. The number of halogens is 3. The molecule has 2 aromatic rings. The van der Waals surface area contributed by atoms with Crippen LogP contribution in [-0.2, 0) is 6.54 Å². The summed E-state index contributed by atoms with van der Waals surface area (Å²) in [6.07, 6.45) is 0. The zero-order valence-electron chi connectivity index (χ0n) is 9.81. The Morgan fingerprint density at radius 2 is 1.78 bits per heavy atom. The summed E-state index contributed by atoms with van der Waals surface area (Å²) >= 11 is 5.68. The van der Waals surface area contributed by atoms with Gasteiger partial charge in [0, 0.05) is 22.7 Å². The van der Waals surface area contributed by atoms with E-state index in [1.165, 1.54) is 18.2 Å². The van der Waals surface area contributed by atoms with E-state index >= 15 is 0 Å². The third-order valence-electron chi connectivity index (χ3n) is 2.63. The molecule has 0 aliphatic rings. The summed E-state index contributed by atoms with van der Waals surface area (Å²) in [4.78, 5) is 0. The first-order valence-corrected chi connectivity index (χ1v) is 5.88. The number of nitrogens with one attached hydrogen (secondary N) is 1. The molecule has 0 radical (unpaired) electrons. The summed E-state index contributed by atoms with van der Waals surface area (Å²) in [6.45, 7) is 0.600. The van der Waals surface area contributed by atoms with E-state index in [4.69, 9.17) is 11.6 Å². The van der Waals surface area contributed by atoms with E-state index in [9.17, 15) is 8.78 Å². The summed E-state index contributed by atoms with van der Waals surface area (Å²) in [7, 11) is 1.80. The molecule has 0 spiro atoms. The Balaban J connectivity index is 2.51. The molecule has 0 fully saturated rings. The van der Waals surface area contributed by atoms with E-state index in [1.807, 2.05) is 0 Å². The van der Waals surface area contributed by atoms with Crippen LogP contribution in [0.15, 0.2) is 36.4 Å². The highest BCUT2D eigenvalue weighted by molar-refractivity contribution is 6.30. The van der Waals surface area contributed by atoms with Crippen molar-refractivity contribution in [3.63, 3.8) is 0 Å². The summed E-state index contributed by atoms with van der Waals surface area (Å²) in [5, 5.41) is 3.26. The van der Waals surface area contributed by atoms with Crippen LogP contribution in [0, 0.1) is 11.6 Å². The number of benzene rings is 2. The van der Waals surface area contributed by atoms with Crippen molar-refractivity contribution in [3.8, 4) is 11.1 Å². The van der Waals surface area contributed by atoms with E-state index in [1.54, 1.807) is 25.2 Å². The van der Waals surface area contributed by atoms with Gasteiger partial charge in [-0.05, 0) is 42.9 Å². The molecule has 0 bridgehead atoms. The van der Waals surface area contributed by atoms with Crippen LogP contribution in [0.2, 0.25) is 5.02 Å². The van der Waals surface area contributed by atoms with Crippen LogP contribution in [-0.4, -0.2) is 7.05 Å². The molecule has 0 amide bonds. The Hall–Kier alpha value is -1.45. The lowest BCUT2D eigenvalue weighted by Crippen LogP contribution is -2.05. The van der Waals surface area contributed by atoms with Crippen molar-refractivity contribution in [2.75, 3.05) is 7.05 Å². The van der Waals surface area contributed by atoms with Gasteiger partial charge in [0.1, 0.15) is 11.6 Å². The van der Waals surface area contributed by atoms with Gasteiger partial charge in [0.25, 0.3) is 0 Å². The maximum atomic E-state index is 13.8. The first-order valence-electron chi connectivity index (χ1n) is 5.50. The van der Waals surface area contributed by atoms with Crippen molar-refractivity contribution in [2.24, 2.45) is 0 Å². The second-order valence-corrected chi connectivity index (χ2v) is 4.41. The average molecular weight is 268 g/mol. The van der Waals surface area contributed by atoms with Gasteiger partial charge in [-0.3, -0.25) is 0 Å². The lowest BCUT2D eigenvalue weighted by molar-refractivity contribution is 0.615. The average Bonchev–Trinajstić information content (AvgIpc) is 2.33. The molecule has 18 heavy (non-hydrogen) atoms. The molecule has 4 heteroatoms. The number of hydrogen-bond acceptors (Lipinski definition) is 1. The Bertz CT molecular complexity index is 570. The van der Waals surface area contributed by atoms with Gasteiger partial charge in [0.2, 0.25) is 0 Å². The molecule has 0 heterocycles. The highest BCUT2D eigenvalue weighted by Gasteiger charge is 2.11. The smallest absolute Gasteiger partial charge is 0.132 e. The monoisotopic (exact) mass is 267 g/mol. The Morgan fingerprint density at radius 3 is 2.44 bits per heavy atom. The largest absolute Gasteiger partial charge is 0.316 e. The van der Waals surface area contributed by atoms with Gasteiger partial charge in [-0.25, -0.2) is 8.78 Å². The van der Waals surface area contributed by atoms with Crippen LogP contribution in [0.25, 0.3) is 11.1 Å². The first-order chi connectivity index (χ1) is 8.61. The summed E-state index contributed by atoms with van der Waals surface area (Å²) in [5.74, 6) is -0.973. The lowest BCUT2D eigenvalue weighted by Gasteiger charge is -2.08. The van der Waals surface area contributed by atoms with Gasteiger partial charge >= 0.3 is 0 Å². The molecule has 0 unspecified atom stereocenters. The predicted octanol–water partition coefficient (Wildman–Crippen LogP) is 4.00. The van der Waals surface area contributed by atoms with Gasteiger partial charge < -0.3 is 5.32 Å². The maximum absolute atomic E-state index is 13.8. The third kappa shape index (κ3) is 2.68. The molecule has 1 nitrogen and oxygen atoms in total. The fourth-order valence-corrected chi connectivity index (χ4v) is 1.96. The van der Waals surface area contributed by atoms with Crippen molar-refractivity contribution >= 4 is 11.6 Å². The minimum absolute atomic E-state index is 0.217. The normalized spacial score (nSPS) is 10.7. The Kier molecular flexibility index (Phi) is 3.94. The minimum atomic E-state index is -0.525. The van der Waals surface area contributed by atoms with E-state index in [-0.39, 0.29) is 11.1 Å². The fourth-order valence-electron chi connectivity index (χ4n) is 1.80. The van der Waals surface area contributed by atoms with Crippen molar-refractivity contribution < 1.29 is 8.78 Å². The van der Waals surface area contributed by atoms with Crippen LogP contribution >= 0.6 is 11.6 Å². The third-order valence-corrected chi connectivity index (χ3v) is 2.87. The van der Waals surface area contributed by atoms with Gasteiger partial charge in [-0.1, -0.05) is 17.7 Å². The fraction of sp³-hybridized carbons (Fsp3) is 0.143. The van der Waals surface area contributed by atoms with Gasteiger partial charge in [0.15, 0.2) is 0 Å². The van der Waals surface area contributed by atoms with Crippen LogP contribution in [0.3, 0.4) is 0 Å². The molecule has 94 valence electrons. The van der Waals surface area contributed by atoms with Crippen molar-refractivity contribution in [3.05, 3.63) is 58.6 Å². The zero-order valence-corrected chi connectivity index (χ0v) is 10.6. The van der Waals surface area contributed by atoms with Crippen LogP contribution < -0.4 is 5.32 Å². The van der Waals surface area contributed by atoms with Crippen molar-refractivity contribution in [1.29, 1.82) is 0 Å². The van der Waals surface area contributed by atoms with E-state index in [0.29, 0.717) is 11.6 Å². The molecule has 1 N–H and O–H groups in total. The topological polar surface area (TPSA) is 12.0 Å². The minimum Gasteiger partial charge on any atom is -0.316 e. The van der Waals surface area contributed by atoms with Gasteiger partial charge in [-0.2, -0.15) is 0 Å². The highest BCUT2D eigenvalue weighted by atomic mass is 35.5. The summed E-state index contributed by atoms with van der Waals surface area (Å²) in [6, 6.07) is 8.86. The number of rotatable bonds is 3. The van der Waals surface area contributed by atoms with Crippen LogP contribution in [0.1, 0.15) is 5.56 Å². The maximum Gasteiger partial charge on any atom is 0.132 e. The molecule has 2 rings (SSSR count). The molecule has 2 aromatic carbocycles. The molecule has 0 aliphatic carbocycles. The van der Waals surface area contributed by atoms with E-state index < -0.39 is 11.6 Å². The molecule has 0 atom stereocenters. The highest BCUT2D eigenvalue weighted by Crippen LogP contribution is 2.28. The number of hydrogen-bond donors (Lipinski definition) is 1. The molecule has 0 aromatic heterocycles. The van der Waals surface area contributed by atoms with Crippen molar-refractivity contribution in [1.82, 2.24) is 5.32 Å². The zero-order chi connectivity index (χ0) is 13.1. The van der Waals surface area contributed by atoms with Gasteiger partial charge in [-0.15, -0.1) is 0 Å². The van der Waals surface area contributed by atoms with E-state index in [2.05, 4.69) is 5.32 Å².